The summed E-state index contributed by atoms with van der Waals surface area (Å²) < 4.78 is 11.3. The number of carbonyl (C=O) groups excluding carboxylic acids is 2. The molecule has 36 heavy (non-hydrogen) atoms. The largest absolute Gasteiger partial charge is 0.496 e. The van der Waals surface area contributed by atoms with E-state index in [0.29, 0.717) is 12.3 Å². The van der Waals surface area contributed by atoms with Gasteiger partial charge < -0.3 is 19.7 Å². The summed E-state index contributed by atoms with van der Waals surface area (Å²) in [4.78, 5) is 29.2. The SMILES string of the molecule is COc1ccccc1CN(C(=O)Cc1ccccc1)[C@@H](C(=O)NCC1CCCO1)c1ccc(C)cc1. The first-order chi connectivity index (χ1) is 17.5. The zero-order valence-corrected chi connectivity index (χ0v) is 21.0. The molecule has 4 rings (SSSR count). The molecule has 0 radical (unpaired) electrons. The fourth-order valence-corrected chi connectivity index (χ4v) is 4.55. The second kappa shape index (κ2) is 12.4. The fourth-order valence-electron chi connectivity index (χ4n) is 4.55. The van der Waals surface area contributed by atoms with Crippen molar-refractivity contribution in [2.75, 3.05) is 20.3 Å². The highest BCUT2D eigenvalue weighted by Crippen LogP contribution is 2.28. The van der Waals surface area contributed by atoms with Gasteiger partial charge >= 0.3 is 0 Å². The minimum Gasteiger partial charge on any atom is -0.496 e. The summed E-state index contributed by atoms with van der Waals surface area (Å²) in [6.07, 6.45) is 2.12. The van der Waals surface area contributed by atoms with Gasteiger partial charge in [0, 0.05) is 18.7 Å². The Kier molecular flexibility index (Phi) is 8.74. The molecule has 1 saturated heterocycles. The van der Waals surface area contributed by atoms with Gasteiger partial charge in [-0.25, -0.2) is 0 Å². The van der Waals surface area contributed by atoms with Crippen LogP contribution in [0.2, 0.25) is 0 Å². The van der Waals surface area contributed by atoms with E-state index < -0.39 is 6.04 Å². The van der Waals surface area contributed by atoms with E-state index in [9.17, 15) is 9.59 Å². The first kappa shape index (κ1) is 25.5. The minimum absolute atomic E-state index is 0.00954. The van der Waals surface area contributed by atoms with Crippen LogP contribution in [0.3, 0.4) is 0 Å². The first-order valence-corrected chi connectivity index (χ1v) is 12.5. The van der Waals surface area contributed by atoms with Gasteiger partial charge in [-0.2, -0.15) is 0 Å². The fraction of sp³-hybridized carbons (Fsp3) is 0.333. The number of rotatable bonds is 10. The molecule has 3 aromatic rings. The van der Waals surface area contributed by atoms with E-state index in [1.807, 2.05) is 85.8 Å². The van der Waals surface area contributed by atoms with Gasteiger partial charge in [0.25, 0.3) is 0 Å². The van der Waals surface area contributed by atoms with Crippen LogP contribution in [-0.2, 0) is 27.3 Å². The predicted molar refractivity (Wildman–Crippen MR) is 140 cm³/mol. The van der Waals surface area contributed by atoms with Gasteiger partial charge in [-0.3, -0.25) is 9.59 Å². The van der Waals surface area contributed by atoms with Crippen molar-refractivity contribution in [3.8, 4) is 5.75 Å². The Bertz CT molecular complexity index is 1140. The Morgan fingerprint density at radius 2 is 1.75 bits per heavy atom. The summed E-state index contributed by atoms with van der Waals surface area (Å²) in [6.45, 7) is 3.39. The van der Waals surface area contributed by atoms with E-state index in [2.05, 4.69) is 5.32 Å². The number of nitrogens with one attached hydrogen (secondary N) is 1. The Balaban J connectivity index is 1.69. The van der Waals surface area contributed by atoms with Gasteiger partial charge in [0.05, 0.1) is 26.2 Å². The van der Waals surface area contributed by atoms with Crippen LogP contribution in [0.5, 0.6) is 5.75 Å². The molecule has 1 fully saturated rings. The maximum absolute atomic E-state index is 13.8. The summed E-state index contributed by atoms with van der Waals surface area (Å²) >= 11 is 0. The third kappa shape index (κ3) is 6.52. The van der Waals surface area contributed by atoms with Crippen LogP contribution in [-0.4, -0.2) is 43.1 Å². The molecule has 1 heterocycles. The topological polar surface area (TPSA) is 67.9 Å². The maximum atomic E-state index is 13.8. The van der Waals surface area contributed by atoms with E-state index in [1.54, 1.807) is 12.0 Å². The number of hydrogen-bond acceptors (Lipinski definition) is 4. The molecular weight excluding hydrogens is 452 g/mol. The number of ether oxygens (including phenoxy) is 2. The van der Waals surface area contributed by atoms with Gasteiger partial charge in [-0.15, -0.1) is 0 Å². The van der Waals surface area contributed by atoms with Gasteiger partial charge in [0.2, 0.25) is 11.8 Å². The van der Waals surface area contributed by atoms with Gasteiger partial charge in [0.1, 0.15) is 11.8 Å². The molecule has 1 aliphatic rings. The lowest BCUT2D eigenvalue weighted by Gasteiger charge is -2.32. The molecule has 6 nitrogen and oxygen atoms in total. The molecule has 2 amide bonds. The molecular formula is C30H34N2O4. The Morgan fingerprint density at radius 1 is 1.03 bits per heavy atom. The van der Waals surface area contributed by atoms with Crippen LogP contribution in [0, 0.1) is 6.92 Å². The number of para-hydroxylation sites is 1. The van der Waals surface area contributed by atoms with Crippen molar-refractivity contribution in [3.63, 3.8) is 0 Å². The monoisotopic (exact) mass is 486 g/mol. The van der Waals surface area contributed by atoms with E-state index in [0.717, 1.165) is 41.7 Å². The summed E-state index contributed by atoms with van der Waals surface area (Å²) in [5.41, 5.74) is 3.59. The van der Waals surface area contributed by atoms with E-state index in [-0.39, 0.29) is 30.9 Å². The molecule has 6 heteroatoms. The average Bonchev–Trinajstić information content (AvgIpc) is 3.43. The van der Waals surface area contributed by atoms with Crippen molar-refractivity contribution in [3.05, 3.63) is 101 Å². The number of aryl methyl sites for hydroxylation is 1. The van der Waals surface area contributed by atoms with E-state index in [1.165, 1.54) is 0 Å². The number of methoxy groups -OCH3 is 1. The van der Waals surface area contributed by atoms with Crippen LogP contribution in [0.15, 0.2) is 78.9 Å². The molecule has 1 N–H and O–H groups in total. The average molecular weight is 487 g/mol. The number of hydrogen-bond donors (Lipinski definition) is 1. The van der Waals surface area contributed by atoms with Crippen molar-refractivity contribution in [2.24, 2.45) is 0 Å². The number of benzene rings is 3. The smallest absolute Gasteiger partial charge is 0.247 e. The lowest BCUT2D eigenvalue weighted by Crippen LogP contribution is -2.45. The maximum Gasteiger partial charge on any atom is 0.247 e. The molecule has 0 spiro atoms. The number of amides is 2. The van der Waals surface area contributed by atoms with Gasteiger partial charge in [-0.05, 0) is 37.0 Å². The highest BCUT2D eigenvalue weighted by atomic mass is 16.5. The van der Waals surface area contributed by atoms with Crippen LogP contribution in [0.25, 0.3) is 0 Å². The highest BCUT2D eigenvalue weighted by Gasteiger charge is 2.32. The van der Waals surface area contributed by atoms with Crippen molar-refractivity contribution in [1.82, 2.24) is 10.2 Å². The second-order valence-electron chi connectivity index (χ2n) is 9.19. The molecule has 0 saturated carbocycles. The molecule has 2 atom stereocenters. The minimum atomic E-state index is -0.798. The molecule has 1 aliphatic heterocycles. The number of carbonyl (C=O) groups is 2. The molecule has 3 aromatic carbocycles. The normalized spacial score (nSPS) is 15.8. The summed E-state index contributed by atoms with van der Waals surface area (Å²) in [5.74, 6) is 0.327. The Morgan fingerprint density at radius 3 is 2.44 bits per heavy atom. The molecule has 1 unspecified atom stereocenters. The zero-order valence-electron chi connectivity index (χ0n) is 21.0. The lowest BCUT2D eigenvalue weighted by molar-refractivity contribution is -0.141. The van der Waals surface area contributed by atoms with Crippen LogP contribution in [0.4, 0.5) is 0 Å². The molecule has 0 bridgehead atoms. The third-order valence-corrected chi connectivity index (χ3v) is 6.53. The van der Waals surface area contributed by atoms with Gasteiger partial charge in [-0.1, -0.05) is 78.4 Å². The van der Waals surface area contributed by atoms with Crippen molar-refractivity contribution >= 4 is 11.8 Å². The first-order valence-electron chi connectivity index (χ1n) is 12.5. The standard InChI is InChI=1S/C30H34N2O4/c1-22-14-16-24(17-15-22)29(30(34)31-20-26-12-8-18-36-26)32(21-25-11-6-7-13-27(25)35-2)28(33)19-23-9-4-3-5-10-23/h3-7,9-11,13-17,26,29H,8,12,18-21H2,1-2H3,(H,31,34)/t26?,29-/m1/s1. The van der Waals surface area contributed by atoms with Gasteiger partial charge in [0.15, 0.2) is 0 Å². The summed E-state index contributed by atoms with van der Waals surface area (Å²) in [6, 6.07) is 24.2. The highest BCUT2D eigenvalue weighted by molar-refractivity contribution is 5.89. The Labute approximate surface area is 213 Å². The van der Waals surface area contributed by atoms with Crippen LogP contribution >= 0.6 is 0 Å². The third-order valence-electron chi connectivity index (χ3n) is 6.53. The molecule has 0 aliphatic carbocycles. The molecule has 188 valence electrons. The van der Waals surface area contributed by atoms with Crippen molar-refractivity contribution < 1.29 is 19.1 Å². The van der Waals surface area contributed by atoms with Crippen molar-refractivity contribution in [1.29, 1.82) is 0 Å². The van der Waals surface area contributed by atoms with E-state index in [4.69, 9.17) is 9.47 Å². The van der Waals surface area contributed by atoms with E-state index >= 15 is 0 Å². The van der Waals surface area contributed by atoms with Crippen LogP contribution < -0.4 is 10.1 Å². The predicted octanol–water partition coefficient (Wildman–Crippen LogP) is 4.61. The van der Waals surface area contributed by atoms with Crippen molar-refractivity contribution in [2.45, 2.75) is 44.9 Å². The number of nitrogens with zero attached hydrogens (tertiary/aromatic N) is 1. The lowest BCUT2D eigenvalue weighted by atomic mass is 10.00. The van der Waals surface area contributed by atoms with Crippen LogP contribution in [0.1, 0.15) is 41.1 Å². The Hall–Kier alpha value is -3.64. The summed E-state index contributed by atoms with van der Waals surface area (Å²) in [7, 11) is 1.61. The molecule has 0 aromatic heterocycles. The second-order valence-corrected chi connectivity index (χ2v) is 9.19. The zero-order chi connectivity index (χ0) is 25.3. The summed E-state index contributed by atoms with van der Waals surface area (Å²) in [5, 5.41) is 3.06. The quantitative estimate of drug-likeness (QED) is 0.454.